The lowest BCUT2D eigenvalue weighted by molar-refractivity contribution is -0.308. The van der Waals surface area contributed by atoms with Gasteiger partial charge in [-0.2, -0.15) is 11.8 Å². The minimum atomic E-state index is -1.27. The molecule has 6 heteroatoms. The predicted octanol–water partition coefficient (Wildman–Crippen LogP) is -0.317. The third-order valence-corrected chi connectivity index (χ3v) is 2.77. The Morgan fingerprint density at radius 3 is 2.88 bits per heavy atom. The van der Waals surface area contributed by atoms with Gasteiger partial charge >= 0.3 is 0 Å². The summed E-state index contributed by atoms with van der Waals surface area (Å²) in [7, 11) is 0. The molecule has 1 atom stereocenters. The molecule has 1 heterocycles. The van der Waals surface area contributed by atoms with Crippen molar-refractivity contribution in [2.75, 3.05) is 12.0 Å². The molecule has 1 aromatic rings. The van der Waals surface area contributed by atoms with Gasteiger partial charge in [0.2, 0.25) is 0 Å². The molecule has 0 aromatic carbocycles. The molecule has 0 saturated carbocycles. The Labute approximate surface area is 104 Å². The van der Waals surface area contributed by atoms with E-state index in [1.807, 2.05) is 6.26 Å². The highest BCUT2D eigenvalue weighted by atomic mass is 32.2. The first kappa shape index (κ1) is 13.5. The molecule has 1 amide bonds. The molecule has 0 bridgehead atoms. The zero-order chi connectivity index (χ0) is 12.7. The molecule has 5 nitrogen and oxygen atoms in total. The third-order valence-electron chi connectivity index (χ3n) is 2.12. The number of carbonyl (C=O) groups is 2. The predicted molar refractivity (Wildman–Crippen MR) is 63.5 cm³/mol. The van der Waals surface area contributed by atoms with Crippen LogP contribution < -0.4 is 10.4 Å². The molecule has 0 aliphatic rings. The van der Waals surface area contributed by atoms with Crippen molar-refractivity contribution in [3.05, 3.63) is 30.1 Å². The van der Waals surface area contributed by atoms with Crippen LogP contribution in [0.1, 0.15) is 16.8 Å². The van der Waals surface area contributed by atoms with E-state index in [1.165, 1.54) is 18.0 Å². The molecule has 0 aliphatic carbocycles. The van der Waals surface area contributed by atoms with Crippen molar-refractivity contribution in [2.45, 2.75) is 12.5 Å². The Kier molecular flexibility index (Phi) is 5.48. The monoisotopic (exact) mass is 253 g/mol. The minimum Gasteiger partial charge on any atom is -0.548 e. The van der Waals surface area contributed by atoms with Crippen LogP contribution in [-0.4, -0.2) is 34.9 Å². The first-order chi connectivity index (χ1) is 8.15. The smallest absolute Gasteiger partial charge is 0.253 e. The van der Waals surface area contributed by atoms with Crippen LogP contribution in [0.5, 0.6) is 0 Å². The Morgan fingerprint density at radius 2 is 2.35 bits per heavy atom. The molecular weight excluding hydrogens is 240 g/mol. The van der Waals surface area contributed by atoms with Gasteiger partial charge in [-0.15, -0.1) is 0 Å². The van der Waals surface area contributed by atoms with Gasteiger partial charge in [-0.05, 0) is 30.6 Å². The summed E-state index contributed by atoms with van der Waals surface area (Å²) in [6, 6.07) is 2.23. The van der Waals surface area contributed by atoms with Gasteiger partial charge in [0, 0.05) is 12.4 Å². The molecule has 1 aromatic heterocycles. The standard InChI is InChI=1S/C11H14N2O3S/c1-17-6-4-9(11(15)16)13-10(14)8-3-2-5-12-7-8/h2-3,5,7,9H,4,6H2,1H3,(H,13,14)(H,15,16)/p-1. The van der Waals surface area contributed by atoms with E-state index >= 15 is 0 Å². The Morgan fingerprint density at radius 1 is 1.59 bits per heavy atom. The molecule has 0 aliphatic heterocycles. The van der Waals surface area contributed by atoms with Crippen molar-refractivity contribution >= 4 is 23.6 Å². The van der Waals surface area contributed by atoms with E-state index in [4.69, 9.17) is 0 Å². The summed E-state index contributed by atoms with van der Waals surface area (Å²) in [6.45, 7) is 0. The zero-order valence-corrected chi connectivity index (χ0v) is 10.2. The van der Waals surface area contributed by atoms with Crippen LogP contribution in [0.4, 0.5) is 0 Å². The number of nitrogens with one attached hydrogen (secondary N) is 1. The zero-order valence-electron chi connectivity index (χ0n) is 9.38. The van der Waals surface area contributed by atoms with E-state index in [1.54, 1.807) is 18.3 Å². The SMILES string of the molecule is CSCCC(NC(=O)c1cccnc1)C(=O)[O-]. The highest BCUT2D eigenvalue weighted by molar-refractivity contribution is 7.98. The van der Waals surface area contributed by atoms with Crippen LogP contribution >= 0.6 is 11.8 Å². The fourth-order valence-electron chi connectivity index (χ4n) is 1.22. The maximum absolute atomic E-state index is 11.7. The summed E-state index contributed by atoms with van der Waals surface area (Å²) in [4.78, 5) is 26.3. The molecule has 0 radical (unpaired) electrons. The number of pyridine rings is 1. The molecule has 0 saturated heterocycles. The van der Waals surface area contributed by atoms with Crippen molar-refractivity contribution in [3.63, 3.8) is 0 Å². The van der Waals surface area contributed by atoms with Gasteiger partial charge in [-0.1, -0.05) is 0 Å². The molecule has 1 unspecified atom stereocenters. The summed E-state index contributed by atoms with van der Waals surface area (Å²) in [5.41, 5.74) is 0.336. The summed E-state index contributed by atoms with van der Waals surface area (Å²) in [5.74, 6) is -1.07. The van der Waals surface area contributed by atoms with Crippen LogP contribution in [0, 0.1) is 0 Å². The number of hydrogen-bond acceptors (Lipinski definition) is 5. The Bertz CT molecular complexity index is 384. The highest BCUT2D eigenvalue weighted by Crippen LogP contribution is 2.02. The van der Waals surface area contributed by atoms with Gasteiger partial charge in [-0.25, -0.2) is 0 Å². The van der Waals surface area contributed by atoms with Crippen LogP contribution in [0.15, 0.2) is 24.5 Å². The van der Waals surface area contributed by atoms with Crippen LogP contribution in [0.25, 0.3) is 0 Å². The van der Waals surface area contributed by atoms with E-state index < -0.39 is 17.9 Å². The number of rotatable bonds is 6. The van der Waals surface area contributed by atoms with Gasteiger partial charge in [-0.3, -0.25) is 9.78 Å². The van der Waals surface area contributed by atoms with Gasteiger partial charge in [0.1, 0.15) is 0 Å². The number of aliphatic carboxylic acids is 1. The maximum Gasteiger partial charge on any atom is 0.253 e. The normalized spacial score (nSPS) is 11.8. The van der Waals surface area contributed by atoms with Crippen molar-refractivity contribution in [3.8, 4) is 0 Å². The Hall–Kier alpha value is -1.56. The first-order valence-corrected chi connectivity index (χ1v) is 6.45. The molecule has 1 N–H and O–H groups in total. The quantitative estimate of drug-likeness (QED) is 0.751. The highest BCUT2D eigenvalue weighted by Gasteiger charge is 2.14. The van der Waals surface area contributed by atoms with Crippen molar-refractivity contribution < 1.29 is 14.7 Å². The number of aromatic nitrogens is 1. The van der Waals surface area contributed by atoms with E-state index in [-0.39, 0.29) is 0 Å². The second-order valence-electron chi connectivity index (χ2n) is 3.37. The molecule has 92 valence electrons. The molecule has 0 spiro atoms. The maximum atomic E-state index is 11.7. The Balaban J connectivity index is 2.61. The van der Waals surface area contributed by atoms with Crippen LogP contribution in [-0.2, 0) is 4.79 Å². The molecule has 17 heavy (non-hydrogen) atoms. The topological polar surface area (TPSA) is 82.1 Å². The first-order valence-electron chi connectivity index (χ1n) is 5.06. The van der Waals surface area contributed by atoms with Gasteiger partial charge in [0.15, 0.2) is 0 Å². The number of hydrogen-bond donors (Lipinski definition) is 1. The number of thioether (sulfide) groups is 1. The third kappa shape index (κ3) is 4.44. The largest absolute Gasteiger partial charge is 0.548 e. The molecule has 1 rings (SSSR count). The van der Waals surface area contributed by atoms with E-state index in [0.717, 1.165) is 0 Å². The summed E-state index contributed by atoms with van der Waals surface area (Å²) >= 11 is 1.52. The average Bonchev–Trinajstić information content (AvgIpc) is 2.35. The summed E-state index contributed by atoms with van der Waals surface area (Å²) in [6.07, 6.45) is 5.14. The number of carbonyl (C=O) groups excluding carboxylic acids is 2. The number of amides is 1. The molecule has 0 fully saturated rings. The van der Waals surface area contributed by atoms with E-state index in [2.05, 4.69) is 10.3 Å². The van der Waals surface area contributed by atoms with Crippen LogP contribution in [0.2, 0.25) is 0 Å². The van der Waals surface area contributed by atoms with Crippen molar-refractivity contribution in [2.24, 2.45) is 0 Å². The number of nitrogens with zero attached hydrogens (tertiary/aromatic N) is 1. The molecular formula is C11H13N2O3S-. The fraction of sp³-hybridized carbons (Fsp3) is 0.364. The summed E-state index contributed by atoms with van der Waals surface area (Å²) in [5, 5.41) is 13.2. The summed E-state index contributed by atoms with van der Waals surface area (Å²) < 4.78 is 0. The lowest BCUT2D eigenvalue weighted by atomic mass is 10.2. The van der Waals surface area contributed by atoms with Gasteiger partial charge < -0.3 is 15.2 Å². The second-order valence-corrected chi connectivity index (χ2v) is 4.35. The lowest BCUT2D eigenvalue weighted by Crippen LogP contribution is -2.48. The van der Waals surface area contributed by atoms with Gasteiger partial charge in [0.05, 0.1) is 17.6 Å². The van der Waals surface area contributed by atoms with E-state index in [0.29, 0.717) is 17.7 Å². The second kappa shape index (κ2) is 6.90. The van der Waals surface area contributed by atoms with Crippen LogP contribution in [0.3, 0.4) is 0 Å². The fourth-order valence-corrected chi connectivity index (χ4v) is 1.69. The minimum absolute atomic E-state index is 0.336. The van der Waals surface area contributed by atoms with Crippen molar-refractivity contribution in [1.82, 2.24) is 10.3 Å². The number of carboxylic acids is 1. The number of carboxylic acid groups (broad SMARTS) is 1. The average molecular weight is 253 g/mol. The van der Waals surface area contributed by atoms with E-state index in [9.17, 15) is 14.7 Å². The van der Waals surface area contributed by atoms with Crippen molar-refractivity contribution in [1.29, 1.82) is 0 Å². The lowest BCUT2D eigenvalue weighted by Gasteiger charge is -2.19. The van der Waals surface area contributed by atoms with Gasteiger partial charge in [0.25, 0.3) is 5.91 Å².